The number of nitrogens with one attached hydrogen (secondary N) is 1. The van der Waals surface area contributed by atoms with Gasteiger partial charge in [0.25, 0.3) is 12.3 Å². The second kappa shape index (κ2) is 9.41. The Labute approximate surface area is 191 Å². The SMILES string of the molecule is Cc1cc(C(C)N2C(=O)c3ccnc(NC(=O)CC4CCC4)c3C2C)cnc1OCC(F)F. The molecule has 2 amide bonds. The van der Waals surface area contributed by atoms with Gasteiger partial charge in [0.05, 0.1) is 17.6 Å². The lowest BCUT2D eigenvalue weighted by Gasteiger charge is -2.30. The predicted molar refractivity (Wildman–Crippen MR) is 118 cm³/mol. The van der Waals surface area contributed by atoms with Crippen molar-refractivity contribution in [2.24, 2.45) is 5.92 Å². The van der Waals surface area contributed by atoms with Gasteiger partial charge in [-0.2, -0.15) is 0 Å². The number of halogens is 2. The van der Waals surface area contributed by atoms with Gasteiger partial charge in [-0.3, -0.25) is 9.59 Å². The molecule has 1 saturated carbocycles. The Kier molecular flexibility index (Phi) is 6.58. The summed E-state index contributed by atoms with van der Waals surface area (Å²) >= 11 is 0. The third kappa shape index (κ3) is 4.67. The van der Waals surface area contributed by atoms with Crippen LogP contribution in [0.5, 0.6) is 5.88 Å². The number of aryl methyl sites for hydroxylation is 1. The molecule has 0 radical (unpaired) electrons. The summed E-state index contributed by atoms with van der Waals surface area (Å²) in [6.45, 7) is 4.80. The smallest absolute Gasteiger partial charge is 0.272 e. The number of anilines is 1. The lowest BCUT2D eigenvalue weighted by Crippen LogP contribution is -2.30. The van der Waals surface area contributed by atoms with E-state index in [1.165, 1.54) is 12.6 Å². The molecule has 176 valence electrons. The number of hydrogen-bond acceptors (Lipinski definition) is 5. The molecule has 2 unspecified atom stereocenters. The maximum absolute atomic E-state index is 13.3. The van der Waals surface area contributed by atoms with E-state index in [4.69, 9.17) is 4.74 Å². The second-order valence-electron chi connectivity index (χ2n) is 8.83. The van der Waals surface area contributed by atoms with Crippen LogP contribution in [0.3, 0.4) is 0 Å². The van der Waals surface area contributed by atoms with Crippen molar-refractivity contribution in [3.05, 3.63) is 46.8 Å². The highest BCUT2D eigenvalue weighted by molar-refractivity contribution is 6.02. The fraction of sp³-hybridized carbons (Fsp3) is 0.500. The monoisotopic (exact) mass is 458 g/mol. The summed E-state index contributed by atoms with van der Waals surface area (Å²) in [7, 11) is 0. The average molecular weight is 459 g/mol. The van der Waals surface area contributed by atoms with Crippen LogP contribution in [0.1, 0.15) is 78.7 Å². The molecule has 1 N–H and O–H groups in total. The third-order valence-electron chi connectivity index (χ3n) is 6.54. The fourth-order valence-corrected chi connectivity index (χ4v) is 4.56. The van der Waals surface area contributed by atoms with E-state index >= 15 is 0 Å². The first kappa shape index (κ1) is 23.1. The molecule has 33 heavy (non-hydrogen) atoms. The number of rotatable bonds is 8. The van der Waals surface area contributed by atoms with Crippen LogP contribution in [0.25, 0.3) is 0 Å². The standard InChI is InChI=1S/C24H28F2N4O3/c1-13-9-17(11-28-23(13)33-12-19(25)26)14(2)30-15(3)21-18(24(30)32)7-8-27-22(21)29-20(31)10-16-5-4-6-16/h7-9,11,14-16,19H,4-6,10,12H2,1-3H3,(H,27,29,31). The lowest BCUT2D eigenvalue weighted by molar-refractivity contribution is -0.117. The van der Waals surface area contributed by atoms with Gasteiger partial charge in [-0.05, 0) is 57.2 Å². The van der Waals surface area contributed by atoms with Crippen LogP contribution in [-0.4, -0.2) is 39.7 Å². The van der Waals surface area contributed by atoms with Gasteiger partial charge in [-0.25, -0.2) is 18.7 Å². The third-order valence-corrected chi connectivity index (χ3v) is 6.54. The highest BCUT2D eigenvalue weighted by Gasteiger charge is 2.40. The second-order valence-corrected chi connectivity index (χ2v) is 8.83. The summed E-state index contributed by atoms with van der Waals surface area (Å²) < 4.78 is 29.9. The van der Waals surface area contributed by atoms with Gasteiger partial charge in [0.1, 0.15) is 5.82 Å². The molecule has 4 rings (SSSR count). The molecule has 2 aromatic rings. The lowest BCUT2D eigenvalue weighted by atomic mass is 9.83. The van der Waals surface area contributed by atoms with Crippen LogP contribution in [0.2, 0.25) is 0 Å². The maximum Gasteiger partial charge on any atom is 0.272 e. The molecule has 0 saturated heterocycles. The summed E-state index contributed by atoms with van der Waals surface area (Å²) in [6, 6.07) is 2.81. The topological polar surface area (TPSA) is 84.4 Å². The zero-order valence-corrected chi connectivity index (χ0v) is 19.0. The van der Waals surface area contributed by atoms with E-state index in [0.717, 1.165) is 18.4 Å². The fourth-order valence-electron chi connectivity index (χ4n) is 4.56. The van der Waals surface area contributed by atoms with Gasteiger partial charge in [-0.15, -0.1) is 0 Å². The molecular weight excluding hydrogens is 430 g/mol. The largest absolute Gasteiger partial charge is 0.471 e. The molecule has 2 aliphatic rings. The number of ether oxygens (including phenoxy) is 1. The van der Waals surface area contributed by atoms with Gasteiger partial charge in [-0.1, -0.05) is 6.42 Å². The van der Waals surface area contributed by atoms with Crippen LogP contribution >= 0.6 is 0 Å². The van der Waals surface area contributed by atoms with Crippen molar-refractivity contribution < 1.29 is 23.1 Å². The van der Waals surface area contributed by atoms with E-state index < -0.39 is 13.0 Å². The van der Waals surface area contributed by atoms with Crippen molar-refractivity contribution in [2.75, 3.05) is 11.9 Å². The first-order valence-electron chi connectivity index (χ1n) is 11.2. The Morgan fingerprint density at radius 3 is 2.73 bits per heavy atom. The maximum atomic E-state index is 13.3. The van der Waals surface area contributed by atoms with Crippen LogP contribution in [0.4, 0.5) is 14.6 Å². The summed E-state index contributed by atoms with van der Waals surface area (Å²) in [5.41, 5.74) is 2.60. The molecule has 9 heteroatoms. The minimum absolute atomic E-state index is 0.0778. The average Bonchev–Trinajstić information content (AvgIpc) is 3.00. The van der Waals surface area contributed by atoms with Gasteiger partial charge in [0.15, 0.2) is 6.61 Å². The molecule has 3 heterocycles. The van der Waals surface area contributed by atoms with E-state index in [0.29, 0.717) is 34.8 Å². The van der Waals surface area contributed by atoms with Crippen molar-refractivity contribution in [1.82, 2.24) is 14.9 Å². The molecule has 0 aromatic carbocycles. The number of nitrogens with zero attached hydrogens (tertiary/aromatic N) is 3. The van der Waals surface area contributed by atoms with Gasteiger partial charge in [0, 0.05) is 29.9 Å². The van der Waals surface area contributed by atoms with Crippen molar-refractivity contribution in [3.8, 4) is 5.88 Å². The number of amides is 2. The summed E-state index contributed by atoms with van der Waals surface area (Å²) in [4.78, 5) is 36.0. The first-order chi connectivity index (χ1) is 15.8. The van der Waals surface area contributed by atoms with Crippen LogP contribution < -0.4 is 10.1 Å². The van der Waals surface area contributed by atoms with E-state index in [-0.39, 0.29) is 29.8 Å². The van der Waals surface area contributed by atoms with E-state index in [2.05, 4.69) is 15.3 Å². The van der Waals surface area contributed by atoms with Crippen molar-refractivity contribution in [1.29, 1.82) is 0 Å². The molecule has 1 aliphatic carbocycles. The highest BCUT2D eigenvalue weighted by atomic mass is 19.3. The van der Waals surface area contributed by atoms with Crippen molar-refractivity contribution in [2.45, 2.75) is 65.0 Å². The quantitative estimate of drug-likeness (QED) is 0.612. The summed E-state index contributed by atoms with van der Waals surface area (Å²) in [5, 5.41) is 2.91. The molecule has 2 atom stereocenters. The number of fused-ring (bicyclic) bond motifs is 1. The number of aromatic nitrogens is 2. The normalized spacial score (nSPS) is 18.8. The van der Waals surface area contributed by atoms with Gasteiger partial charge in [0.2, 0.25) is 11.8 Å². The number of carbonyl (C=O) groups is 2. The van der Waals surface area contributed by atoms with E-state index in [9.17, 15) is 18.4 Å². The molecule has 7 nitrogen and oxygen atoms in total. The molecule has 1 fully saturated rings. The minimum Gasteiger partial charge on any atom is -0.471 e. The Hall–Kier alpha value is -3.10. The molecule has 0 spiro atoms. The zero-order valence-electron chi connectivity index (χ0n) is 19.0. The highest BCUT2D eigenvalue weighted by Crippen LogP contribution is 2.42. The van der Waals surface area contributed by atoms with E-state index in [1.807, 2.05) is 13.8 Å². The van der Waals surface area contributed by atoms with Crippen LogP contribution in [0.15, 0.2) is 24.5 Å². The predicted octanol–water partition coefficient (Wildman–Crippen LogP) is 4.84. The van der Waals surface area contributed by atoms with E-state index in [1.54, 1.807) is 30.2 Å². The Morgan fingerprint density at radius 1 is 1.33 bits per heavy atom. The van der Waals surface area contributed by atoms with Crippen LogP contribution in [0, 0.1) is 12.8 Å². The summed E-state index contributed by atoms with van der Waals surface area (Å²) in [6.07, 6.45) is 4.30. The van der Waals surface area contributed by atoms with Gasteiger partial charge >= 0.3 is 0 Å². The summed E-state index contributed by atoms with van der Waals surface area (Å²) in [5.74, 6) is 0.776. The number of hydrogen-bond donors (Lipinski definition) is 1. The Bertz CT molecular complexity index is 1060. The number of alkyl halides is 2. The molecule has 0 bridgehead atoms. The number of pyridine rings is 2. The van der Waals surface area contributed by atoms with Gasteiger partial charge < -0.3 is 15.0 Å². The Morgan fingerprint density at radius 2 is 2.09 bits per heavy atom. The van der Waals surface area contributed by atoms with Crippen molar-refractivity contribution in [3.63, 3.8) is 0 Å². The molecule has 1 aliphatic heterocycles. The minimum atomic E-state index is -2.58. The zero-order chi connectivity index (χ0) is 23.7. The number of carbonyl (C=O) groups excluding carboxylic acids is 2. The Balaban J connectivity index is 1.53. The molecular formula is C24H28F2N4O3. The van der Waals surface area contributed by atoms with Crippen LogP contribution in [-0.2, 0) is 4.79 Å². The first-order valence-corrected chi connectivity index (χ1v) is 11.2. The van der Waals surface area contributed by atoms with Crippen molar-refractivity contribution >= 4 is 17.6 Å². The molecule has 2 aromatic heterocycles.